The van der Waals surface area contributed by atoms with Crippen molar-refractivity contribution >= 4 is 17.6 Å². The van der Waals surface area contributed by atoms with E-state index in [0.29, 0.717) is 5.75 Å². The summed E-state index contributed by atoms with van der Waals surface area (Å²) in [6.45, 7) is 3.97. The quantitative estimate of drug-likeness (QED) is 0.926. The lowest BCUT2D eigenvalue weighted by Gasteiger charge is -2.08. The van der Waals surface area contributed by atoms with E-state index < -0.39 is 5.97 Å². The number of halogens is 1. The van der Waals surface area contributed by atoms with Crippen LogP contribution in [0, 0.1) is 13.8 Å². The molecule has 1 heterocycles. The van der Waals surface area contributed by atoms with Gasteiger partial charge in [0.15, 0.2) is 0 Å². The average molecular weight is 278 g/mol. The number of benzene rings is 1. The number of hydrogen-bond acceptors (Lipinski definition) is 3. The van der Waals surface area contributed by atoms with Crippen LogP contribution in [-0.4, -0.2) is 16.1 Å². The molecule has 0 bridgehead atoms. The predicted octanol–water partition coefficient (Wildman–Crippen LogP) is 3.84. The van der Waals surface area contributed by atoms with Crippen LogP contribution in [0.4, 0.5) is 0 Å². The Bertz CT molecular complexity index is 641. The van der Waals surface area contributed by atoms with Crippen LogP contribution in [-0.2, 0) is 0 Å². The third-order valence-corrected chi connectivity index (χ3v) is 3.06. The summed E-state index contributed by atoms with van der Waals surface area (Å²) in [6, 6.07) is 6.91. The highest BCUT2D eigenvalue weighted by molar-refractivity contribution is 6.33. The molecule has 0 aliphatic carbocycles. The van der Waals surface area contributed by atoms with E-state index in [2.05, 4.69) is 4.98 Å². The Morgan fingerprint density at radius 2 is 2.00 bits per heavy atom. The topological polar surface area (TPSA) is 59.4 Å². The summed E-state index contributed by atoms with van der Waals surface area (Å²) in [5.74, 6) is -0.309. The van der Waals surface area contributed by atoms with Gasteiger partial charge in [-0.3, -0.25) is 0 Å². The zero-order valence-electron chi connectivity index (χ0n) is 10.5. The smallest absolute Gasteiger partial charge is 0.337 e. The van der Waals surface area contributed by atoms with Crippen LogP contribution in [0.2, 0.25) is 5.02 Å². The standard InChI is InChI=1S/C14H12ClNO3/c1-8-3-4-10(5-9(8)2)19-13-6-11(14(17)18)12(15)7-16-13/h3-7H,1-2H3,(H,17,18). The SMILES string of the molecule is Cc1ccc(Oc2cc(C(=O)O)c(Cl)cn2)cc1C. The van der Waals surface area contributed by atoms with E-state index in [9.17, 15) is 4.79 Å². The molecule has 98 valence electrons. The van der Waals surface area contributed by atoms with Crippen LogP contribution < -0.4 is 4.74 Å². The normalized spacial score (nSPS) is 10.3. The summed E-state index contributed by atoms with van der Waals surface area (Å²) in [7, 11) is 0. The maximum Gasteiger partial charge on any atom is 0.337 e. The molecule has 0 saturated heterocycles. The summed E-state index contributed by atoms with van der Waals surface area (Å²) in [5, 5.41) is 9.05. The number of carboxylic acids is 1. The van der Waals surface area contributed by atoms with Gasteiger partial charge in [-0.15, -0.1) is 0 Å². The summed E-state index contributed by atoms with van der Waals surface area (Å²) in [5.41, 5.74) is 2.21. The van der Waals surface area contributed by atoms with Gasteiger partial charge in [-0.2, -0.15) is 0 Å². The first-order valence-corrected chi connectivity index (χ1v) is 5.99. The number of carbonyl (C=O) groups is 1. The van der Waals surface area contributed by atoms with Gasteiger partial charge in [-0.1, -0.05) is 17.7 Å². The van der Waals surface area contributed by atoms with Gasteiger partial charge < -0.3 is 9.84 Å². The fourth-order valence-electron chi connectivity index (χ4n) is 1.54. The zero-order valence-corrected chi connectivity index (χ0v) is 11.2. The minimum Gasteiger partial charge on any atom is -0.478 e. The molecule has 0 spiro atoms. The fraction of sp³-hybridized carbons (Fsp3) is 0.143. The molecule has 1 N–H and O–H groups in total. The Kier molecular flexibility index (Phi) is 3.71. The lowest BCUT2D eigenvalue weighted by molar-refractivity contribution is 0.0696. The number of hydrogen-bond donors (Lipinski definition) is 1. The molecule has 19 heavy (non-hydrogen) atoms. The lowest BCUT2D eigenvalue weighted by atomic mass is 10.1. The Morgan fingerprint density at radius 3 is 2.63 bits per heavy atom. The highest BCUT2D eigenvalue weighted by Crippen LogP contribution is 2.25. The molecule has 0 amide bonds. The molecule has 0 aliphatic heterocycles. The number of aryl methyl sites for hydroxylation is 2. The molecule has 5 heteroatoms. The molecule has 0 fully saturated rings. The van der Waals surface area contributed by atoms with Crippen molar-refractivity contribution in [3.05, 3.63) is 52.2 Å². The Hall–Kier alpha value is -2.07. The molecule has 4 nitrogen and oxygen atoms in total. The second kappa shape index (κ2) is 5.28. The van der Waals surface area contributed by atoms with Crippen molar-refractivity contribution in [1.29, 1.82) is 0 Å². The number of ether oxygens (including phenoxy) is 1. The van der Waals surface area contributed by atoms with Crippen LogP contribution in [0.25, 0.3) is 0 Å². The lowest BCUT2D eigenvalue weighted by Crippen LogP contribution is -1.99. The molecule has 0 atom stereocenters. The maximum atomic E-state index is 11.0. The monoisotopic (exact) mass is 277 g/mol. The molecule has 1 aromatic heterocycles. The van der Waals surface area contributed by atoms with Crippen molar-refractivity contribution in [2.24, 2.45) is 0 Å². The van der Waals surface area contributed by atoms with Gasteiger partial charge in [0.25, 0.3) is 0 Å². The molecular formula is C14H12ClNO3. The van der Waals surface area contributed by atoms with Gasteiger partial charge in [-0.05, 0) is 37.1 Å². The largest absolute Gasteiger partial charge is 0.478 e. The predicted molar refractivity (Wildman–Crippen MR) is 72.2 cm³/mol. The summed E-state index contributed by atoms with van der Waals surface area (Å²) < 4.78 is 5.53. The Morgan fingerprint density at radius 1 is 1.26 bits per heavy atom. The Balaban J connectivity index is 2.30. The average Bonchev–Trinajstić information content (AvgIpc) is 2.36. The minimum atomic E-state index is -1.11. The molecule has 0 aliphatic rings. The van der Waals surface area contributed by atoms with Crippen LogP contribution in [0.1, 0.15) is 21.5 Å². The van der Waals surface area contributed by atoms with E-state index in [1.165, 1.54) is 12.3 Å². The van der Waals surface area contributed by atoms with E-state index in [1.54, 1.807) is 6.07 Å². The maximum absolute atomic E-state index is 11.0. The van der Waals surface area contributed by atoms with E-state index in [4.69, 9.17) is 21.4 Å². The summed E-state index contributed by atoms with van der Waals surface area (Å²) in [4.78, 5) is 14.9. The number of pyridine rings is 1. The molecule has 0 saturated carbocycles. The van der Waals surface area contributed by atoms with Crippen molar-refractivity contribution in [3.8, 4) is 11.6 Å². The molecule has 0 radical (unpaired) electrons. The second-order valence-corrected chi connectivity index (χ2v) is 4.56. The van der Waals surface area contributed by atoms with E-state index in [0.717, 1.165) is 11.1 Å². The van der Waals surface area contributed by atoms with Gasteiger partial charge in [-0.25, -0.2) is 9.78 Å². The second-order valence-electron chi connectivity index (χ2n) is 4.16. The van der Waals surface area contributed by atoms with Crippen molar-refractivity contribution in [3.63, 3.8) is 0 Å². The van der Waals surface area contributed by atoms with Crippen molar-refractivity contribution in [2.45, 2.75) is 13.8 Å². The van der Waals surface area contributed by atoms with Crippen LogP contribution >= 0.6 is 11.6 Å². The van der Waals surface area contributed by atoms with Gasteiger partial charge in [0, 0.05) is 6.07 Å². The van der Waals surface area contributed by atoms with Gasteiger partial charge in [0.1, 0.15) is 5.75 Å². The number of aromatic carboxylic acids is 1. The third kappa shape index (κ3) is 3.03. The summed E-state index contributed by atoms with van der Waals surface area (Å²) >= 11 is 5.74. The van der Waals surface area contributed by atoms with Crippen molar-refractivity contribution < 1.29 is 14.6 Å². The summed E-state index contributed by atoms with van der Waals surface area (Å²) in [6.07, 6.45) is 1.27. The highest BCUT2D eigenvalue weighted by atomic mass is 35.5. The van der Waals surface area contributed by atoms with E-state index in [-0.39, 0.29) is 16.5 Å². The number of carboxylic acid groups (broad SMARTS) is 1. The molecule has 0 unspecified atom stereocenters. The van der Waals surface area contributed by atoms with Crippen LogP contribution in [0.15, 0.2) is 30.5 Å². The highest BCUT2D eigenvalue weighted by Gasteiger charge is 2.11. The van der Waals surface area contributed by atoms with Gasteiger partial charge in [0.2, 0.25) is 5.88 Å². The van der Waals surface area contributed by atoms with Crippen molar-refractivity contribution in [2.75, 3.05) is 0 Å². The van der Waals surface area contributed by atoms with Crippen LogP contribution in [0.3, 0.4) is 0 Å². The number of rotatable bonds is 3. The molecule has 2 rings (SSSR count). The molecular weight excluding hydrogens is 266 g/mol. The minimum absolute atomic E-state index is 0.0319. The third-order valence-electron chi connectivity index (χ3n) is 2.76. The van der Waals surface area contributed by atoms with Crippen LogP contribution in [0.5, 0.6) is 11.6 Å². The number of nitrogens with zero attached hydrogens (tertiary/aromatic N) is 1. The fourth-order valence-corrected chi connectivity index (χ4v) is 1.72. The van der Waals surface area contributed by atoms with Gasteiger partial charge in [0.05, 0.1) is 16.8 Å². The first-order chi connectivity index (χ1) is 8.97. The van der Waals surface area contributed by atoms with E-state index >= 15 is 0 Å². The first-order valence-electron chi connectivity index (χ1n) is 5.61. The van der Waals surface area contributed by atoms with Gasteiger partial charge >= 0.3 is 5.97 Å². The zero-order chi connectivity index (χ0) is 14.0. The van der Waals surface area contributed by atoms with Crippen molar-refractivity contribution in [1.82, 2.24) is 4.98 Å². The number of aromatic nitrogens is 1. The Labute approximate surface area is 115 Å². The molecule has 2 aromatic rings. The molecule has 1 aromatic carbocycles. The van der Waals surface area contributed by atoms with E-state index in [1.807, 2.05) is 26.0 Å². The first kappa shape index (κ1) is 13.4.